The normalized spacial score (nSPS) is 24.3. The molecule has 1 aliphatic heterocycles. The fourth-order valence-corrected chi connectivity index (χ4v) is 5.41. The zero-order chi connectivity index (χ0) is 20.2. The van der Waals surface area contributed by atoms with Gasteiger partial charge in [-0.1, -0.05) is 26.2 Å². The number of oxazole rings is 1. The van der Waals surface area contributed by atoms with Crippen molar-refractivity contribution >= 4 is 6.08 Å². The molecule has 3 aliphatic rings. The Morgan fingerprint density at radius 2 is 1.79 bits per heavy atom. The molecule has 0 N–H and O–H groups in total. The summed E-state index contributed by atoms with van der Waals surface area (Å²) in [6.07, 6.45) is 11.9. The first kappa shape index (κ1) is 20.7. The van der Waals surface area contributed by atoms with E-state index in [1.807, 2.05) is 10.6 Å². The van der Waals surface area contributed by atoms with Crippen molar-refractivity contribution in [3.63, 3.8) is 0 Å². The Bertz CT molecular complexity index is 752. The van der Waals surface area contributed by atoms with Gasteiger partial charge in [-0.25, -0.2) is 4.79 Å². The molecule has 29 heavy (non-hydrogen) atoms. The molecule has 0 aromatic carbocycles. The van der Waals surface area contributed by atoms with Crippen molar-refractivity contribution in [3.05, 3.63) is 27.8 Å². The summed E-state index contributed by atoms with van der Waals surface area (Å²) in [7, 11) is 1.67. The molecule has 4 rings (SSSR count). The number of aromatic nitrogens is 1. The second-order valence-electron chi connectivity index (χ2n) is 9.07. The lowest BCUT2D eigenvalue weighted by Gasteiger charge is -2.40. The number of hydrogen-bond acceptors (Lipinski definition) is 5. The number of rotatable bonds is 7. The summed E-state index contributed by atoms with van der Waals surface area (Å²) in [5.41, 5.74) is 1.04. The Morgan fingerprint density at radius 1 is 1.07 bits per heavy atom. The molecule has 6 heteroatoms. The summed E-state index contributed by atoms with van der Waals surface area (Å²) in [6.45, 7) is 8.87. The highest BCUT2D eigenvalue weighted by Gasteiger charge is 2.27. The van der Waals surface area contributed by atoms with Crippen LogP contribution in [-0.4, -0.2) is 60.2 Å². The summed E-state index contributed by atoms with van der Waals surface area (Å²) in [4.78, 5) is 17.7. The maximum atomic E-state index is 12.3. The molecule has 1 saturated heterocycles. The average Bonchev–Trinajstić information content (AvgIpc) is 3.07. The Morgan fingerprint density at radius 3 is 2.52 bits per heavy atom. The second-order valence-corrected chi connectivity index (χ2v) is 9.07. The molecular formula is C23H37N3O3. The number of ether oxygens (including phenoxy) is 1. The fourth-order valence-electron chi connectivity index (χ4n) is 5.41. The van der Waals surface area contributed by atoms with Gasteiger partial charge in [-0.3, -0.25) is 9.47 Å². The van der Waals surface area contributed by atoms with Crippen molar-refractivity contribution in [1.82, 2.24) is 14.4 Å². The first-order valence-electron chi connectivity index (χ1n) is 11.6. The van der Waals surface area contributed by atoms with Crippen LogP contribution in [0, 0.1) is 0 Å². The van der Waals surface area contributed by atoms with E-state index in [-0.39, 0.29) is 11.7 Å². The minimum atomic E-state index is -0.225. The van der Waals surface area contributed by atoms with Crippen molar-refractivity contribution in [2.75, 3.05) is 39.8 Å². The molecule has 1 aromatic rings. The topological polar surface area (TPSA) is 50.9 Å². The van der Waals surface area contributed by atoms with Gasteiger partial charge in [-0.15, -0.1) is 0 Å². The molecule has 2 heterocycles. The van der Waals surface area contributed by atoms with Gasteiger partial charge in [0.15, 0.2) is 5.76 Å². The van der Waals surface area contributed by atoms with Gasteiger partial charge in [0.05, 0.1) is 18.6 Å². The zero-order valence-electron chi connectivity index (χ0n) is 18.2. The second kappa shape index (κ2) is 9.52. The van der Waals surface area contributed by atoms with Crippen LogP contribution in [0.5, 0.6) is 0 Å². The predicted octanol–water partition coefficient (Wildman–Crippen LogP) is 3.67. The number of hydrogen-bond donors (Lipinski definition) is 0. The van der Waals surface area contributed by atoms with Crippen LogP contribution in [0.1, 0.15) is 75.7 Å². The van der Waals surface area contributed by atoms with E-state index in [0.29, 0.717) is 5.76 Å². The molecule has 0 amide bonds. The summed E-state index contributed by atoms with van der Waals surface area (Å²) in [5.74, 6) is 1.60. The van der Waals surface area contributed by atoms with E-state index in [9.17, 15) is 4.79 Å². The lowest BCUT2D eigenvalue weighted by atomic mass is 9.94. The summed E-state index contributed by atoms with van der Waals surface area (Å²) < 4.78 is 12.7. The summed E-state index contributed by atoms with van der Waals surface area (Å²) in [5, 5.41) is 0. The molecule has 1 unspecified atom stereocenters. The van der Waals surface area contributed by atoms with Crippen LogP contribution in [-0.2, 0) is 11.3 Å². The predicted molar refractivity (Wildman–Crippen MR) is 115 cm³/mol. The van der Waals surface area contributed by atoms with Crippen molar-refractivity contribution in [1.29, 1.82) is 0 Å². The van der Waals surface area contributed by atoms with Crippen molar-refractivity contribution in [3.8, 4) is 0 Å². The summed E-state index contributed by atoms with van der Waals surface area (Å²) >= 11 is 0. The van der Waals surface area contributed by atoms with Crippen molar-refractivity contribution < 1.29 is 9.15 Å². The quantitative estimate of drug-likeness (QED) is 0.650. The Hall–Kier alpha value is -1.53. The highest BCUT2D eigenvalue weighted by molar-refractivity contribution is 5.52. The first-order chi connectivity index (χ1) is 14.2. The minimum absolute atomic E-state index is 0.225. The zero-order valence-corrected chi connectivity index (χ0v) is 18.2. The maximum absolute atomic E-state index is 12.3. The van der Waals surface area contributed by atoms with E-state index in [0.717, 1.165) is 49.8 Å². The van der Waals surface area contributed by atoms with E-state index in [4.69, 9.17) is 9.15 Å². The van der Waals surface area contributed by atoms with E-state index >= 15 is 0 Å². The van der Waals surface area contributed by atoms with Crippen LogP contribution >= 0.6 is 0 Å². The third kappa shape index (κ3) is 4.80. The van der Waals surface area contributed by atoms with E-state index in [2.05, 4.69) is 16.7 Å². The van der Waals surface area contributed by atoms with Gasteiger partial charge in [-0.05, 0) is 32.2 Å². The lowest BCUT2D eigenvalue weighted by Crippen LogP contribution is -2.50. The summed E-state index contributed by atoms with van der Waals surface area (Å²) in [6, 6.07) is 0.847. The number of nitrogens with zero attached hydrogens (tertiary/aromatic N) is 3. The van der Waals surface area contributed by atoms with E-state index in [1.54, 1.807) is 7.11 Å². The van der Waals surface area contributed by atoms with Gasteiger partial charge in [0, 0.05) is 57.2 Å². The van der Waals surface area contributed by atoms with Crippen LogP contribution in [0.2, 0.25) is 0 Å². The monoisotopic (exact) mass is 403 g/mol. The SMILES string of the molecule is COC1=Cc2oc(=O)n(CCCCN3CCN(C4CCCCC4)CC3)c2C(C)C1. The average molecular weight is 404 g/mol. The lowest BCUT2D eigenvalue weighted by molar-refractivity contribution is 0.0780. The van der Waals surface area contributed by atoms with Gasteiger partial charge in [0.25, 0.3) is 0 Å². The van der Waals surface area contributed by atoms with Crippen LogP contribution in [0.3, 0.4) is 0 Å². The van der Waals surface area contributed by atoms with E-state index < -0.39 is 0 Å². The molecule has 1 aromatic heterocycles. The number of allylic oxidation sites excluding steroid dienone is 1. The number of fused-ring (bicyclic) bond motifs is 1. The van der Waals surface area contributed by atoms with Gasteiger partial charge < -0.3 is 14.1 Å². The van der Waals surface area contributed by atoms with Gasteiger partial charge in [0.2, 0.25) is 0 Å². The van der Waals surface area contributed by atoms with Crippen LogP contribution in [0.15, 0.2) is 15.0 Å². The highest BCUT2D eigenvalue weighted by atomic mass is 16.5. The molecule has 0 spiro atoms. The molecule has 162 valence electrons. The minimum Gasteiger partial charge on any atom is -0.501 e. The van der Waals surface area contributed by atoms with Crippen molar-refractivity contribution in [2.45, 2.75) is 76.8 Å². The van der Waals surface area contributed by atoms with Gasteiger partial charge in [0.1, 0.15) is 0 Å². The first-order valence-corrected chi connectivity index (χ1v) is 11.6. The molecule has 1 saturated carbocycles. The van der Waals surface area contributed by atoms with Crippen LogP contribution in [0.4, 0.5) is 0 Å². The largest absolute Gasteiger partial charge is 0.501 e. The Kier molecular flexibility index (Phi) is 6.81. The number of methoxy groups -OCH3 is 1. The Balaban J connectivity index is 1.22. The molecular weight excluding hydrogens is 366 g/mol. The van der Waals surface area contributed by atoms with Crippen LogP contribution in [0.25, 0.3) is 6.08 Å². The molecule has 1 atom stereocenters. The fraction of sp³-hybridized carbons (Fsp3) is 0.783. The number of piperazine rings is 1. The van der Waals surface area contributed by atoms with Gasteiger partial charge >= 0.3 is 5.76 Å². The third-order valence-corrected chi connectivity index (χ3v) is 7.09. The van der Waals surface area contributed by atoms with Crippen LogP contribution < -0.4 is 5.76 Å². The van der Waals surface area contributed by atoms with Crippen molar-refractivity contribution in [2.24, 2.45) is 0 Å². The van der Waals surface area contributed by atoms with Gasteiger partial charge in [-0.2, -0.15) is 0 Å². The standard InChI is InChI=1S/C23H37N3O3/c1-18-16-20(28-2)17-21-22(18)26(23(27)29-21)11-7-6-10-24-12-14-25(15-13-24)19-8-4-3-5-9-19/h17-19H,3-16H2,1-2H3. The maximum Gasteiger partial charge on any atom is 0.419 e. The number of unbranched alkanes of at least 4 members (excludes halogenated alkanes) is 1. The highest BCUT2D eigenvalue weighted by Crippen LogP contribution is 2.33. The molecule has 0 bridgehead atoms. The molecule has 2 fully saturated rings. The Labute approximate surface area is 174 Å². The molecule has 6 nitrogen and oxygen atoms in total. The third-order valence-electron chi connectivity index (χ3n) is 7.09. The molecule has 0 radical (unpaired) electrons. The smallest absolute Gasteiger partial charge is 0.419 e. The molecule has 2 aliphatic carbocycles. The van der Waals surface area contributed by atoms with E-state index in [1.165, 1.54) is 58.3 Å².